The molecule has 71 heavy (non-hydrogen) atoms. The van der Waals surface area contributed by atoms with Crippen LogP contribution in [0.4, 0.5) is 17.1 Å². The Labute approximate surface area is 418 Å². The van der Waals surface area contributed by atoms with Crippen molar-refractivity contribution in [3.63, 3.8) is 0 Å². The number of fused-ring (bicyclic) bond motifs is 7. The lowest BCUT2D eigenvalue weighted by Crippen LogP contribution is -2.16. The molecule has 0 radical (unpaired) electrons. The Morgan fingerprint density at radius 2 is 0.944 bits per heavy atom. The van der Waals surface area contributed by atoms with Crippen molar-refractivity contribution in [2.45, 2.75) is 71.6 Å². The monoisotopic (exact) mass is 917 g/mol. The van der Waals surface area contributed by atoms with Gasteiger partial charge in [-0.3, -0.25) is 0 Å². The van der Waals surface area contributed by atoms with Gasteiger partial charge in [0.1, 0.15) is 11.2 Å². The van der Waals surface area contributed by atoms with Crippen LogP contribution in [0.2, 0.25) is 0 Å². The van der Waals surface area contributed by atoms with E-state index in [2.05, 4.69) is 267 Å². The first-order valence-corrected chi connectivity index (χ1v) is 25.2. The molecule has 0 bridgehead atoms. The summed E-state index contributed by atoms with van der Waals surface area (Å²) < 4.78 is 6.41. The van der Waals surface area contributed by atoms with Crippen molar-refractivity contribution in [3.8, 4) is 55.6 Å². The molecule has 0 unspecified atom stereocenters. The fourth-order valence-corrected chi connectivity index (χ4v) is 11.4. The number of para-hydroxylation sites is 2. The number of hydrogen-bond donors (Lipinski definition) is 0. The van der Waals surface area contributed by atoms with E-state index in [1.807, 2.05) is 6.07 Å². The molecule has 2 heteroatoms. The number of anilines is 3. The van der Waals surface area contributed by atoms with Crippen LogP contribution >= 0.6 is 0 Å². The maximum Gasteiger partial charge on any atom is 0.136 e. The lowest BCUT2D eigenvalue weighted by molar-refractivity contribution is 0.569. The largest absolute Gasteiger partial charge is 0.456 e. The van der Waals surface area contributed by atoms with Crippen LogP contribution in [0.25, 0.3) is 88.3 Å². The van der Waals surface area contributed by atoms with Crippen molar-refractivity contribution in [3.05, 3.63) is 235 Å². The molecular weight excluding hydrogens is 859 g/mol. The Kier molecular flexibility index (Phi) is 10.4. The third-order valence-corrected chi connectivity index (χ3v) is 15.2. The van der Waals surface area contributed by atoms with Gasteiger partial charge in [-0.05, 0) is 136 Å². The van der Waals surface area contributed by atoms with Gasteiger partial charge in [-0.15, -0.1) is 0 Å². The molecule has 0 amide bonds. The van der Waals surface area contributed by atoms with Gasteiger partial charge in [0.25, 0.3) is 0 Å². The summed E-state index contributed by atoms with van der Waals surface area (Å²) in [4.78, 5) is 2.46. The Morgan fingerprint density at radius 1 is 0.380 bits per heavy atom. The summed E-state index contributed by atoms with van der Waals surface area (Å²) in [6.07, 6.45) is 0. The number of nitrogens with zero attached hydrogens (tertiary/aromatic N) is 1. The zero-order valence-electron chi connectivity index (χ0n) is 42.1. The molecule has 0 fully saturated rings. The lowest BCUT2D eigenvalue weighted by Gasteiger charge is -2.29. The van der Waals surface area contributed by atoms with E-state index in [9.17, 15) is 0 Å². The normalized spacial score (nSPS) is 13.2. The second-order valence-electron chi connectivity index (χ2n) is 22.1. The molecule has 12 rings (SSSR count). The van der Waals surface area contributed by atoms with E-state index in [0.717, 1.165) is 55.7 Å². The van der Waals surface area contributed by atoms with Crippen molar-refractivity contribution >= 4 is 49.8 Å². The van der Waals surface area contributed by atoms with Crippen LogP contribution in [-0.2, 0) is 16.2 Å². The molecule has 11 aromatic rings. The van der Waals surface area contributed by atoms with Crippen molar-refractivity contribution in [2.75, 3.05) is 4.90 Å². The van der Waals surface area contributed by atoms with Gasteiger partial charge in [-0.1, -0.05) is 225 Å². The van der Waals surface area contributed by atoms with Gasteiger partial charge in [0.05, 0.1) is 5.69 Å². The van der Waals surface area contributed by atoms with Gasteiger partial charge in [-0.25, -0.2) is 0 Å². The zero-order chi connectivity index (χ0) is 48.8. The summed E-state index contributed by atoms with van der Waals surface area (Å²) in [6, 6.07) is 78.7. The average molecular weight is 918 g/mol. The number of benzene rings is 10. The Hall–Kier alpha value is -7.94. The molecule has 1 aliphatic rings. The summed E-state index contributed by atoms with van der Waals surface area (Å²) in [5.41, 5.74) is 22.6. The van der Waals surface area contributed by atoms with Crippen LogP contribution in [0.3, 0.4) is 0 Å². The minimum Gasteiger partial charge on any atom is -0.456 e. The summed E-state index contributed by atoms with van der Waals surface area (Å²) in [6.45, 7) is 18.6. The molecule has 346 valence electrons. The quantitative estimate of drug-likeness (QED) is 0.158. The fraction of sp³-hybridized carbons (Fsp3) is 0.159. The van der Waals surface area contributed by atoms with E-state index in [0.29, 0.717) is 0 Å². The van der Waals surface area contributed by atoms with Gasteiger partial charge in [0.15, 0.2) is 0 Å². The van der Waals surface area contributed by atoms with E-state index in [-0.39, 0.29) is 16.2 Å². The summed E-state index contributed by atoms with van der Waals surface area (Å²) >= 11 is 0. The highest BCUT2D eigenvalue weighted by atomic mass is 16.3. The lowest BCUT2D eigenvalue weighted by atomic mass is 9.78. The van der Waals surface area contributed by atoms with Gasteiger partial charge in [-0.2, -0.15) is 0 Å². The van der Waals surface area contributed by atoms with E-state index in [1.54, 1.807) is 0 Å². The Balaban J connectivity index is 1.07. The minimum atomic E-state index is -0.0772. The molecule has 10 aromatic carbocycles. The average Bonchev–Trinajstić information content (AvgIpc) is 3.88. The third kappa shape index (κ3) is 7.47. The highest BCUT2D eigenvalue weighted by Crippen LogP contribution is 2.53. The van der Waals surface area contributed by atoms with Gasteiger partial charge in [0.2, 0.25) is 0 Å². The molecule has 2 nitrogen and oxygen atoms in total. The molecule has 0 saturated heterocycles. The van der Waals surface area contributed by atoms with Crippen molar-refractivity contribution in [1.29, 1.82) is 0 Å². The van der Waals surface area contributed by atoms with Crippen LogP contribution in [0.15, 0.2) is 217 Å². The van der Waals surface area contributed by atoms with Crippen LogP contribution < -0.4 is 4.90 Å². The topological polar surface area (TPSA) is 16.4 Å². The van der Waals surface area contributed by atoms with Crippen LogP contribution in [-0.4, -0.2) is 0 Å². The molecule has 0 spiro atoms. The first kappa shape index (κ1) is 44.3. The molecular formula is C69H59NO. The maximum absolute atomic E-state index is 6.41. The first-order chi connectivity index (χ1) is 34.2. The van der Waals surface area contributed by atoms with Gasteiger partial charge < -0.3 is 9.32 Å². The smallest absolute Gasteiger partial charge is 0.136 e. The standard InChI is InChI=1S/C69H59NO/c1-67(2,3)48-40-47(41-49(43-48)68(4,5)6)54-27-16-20-45-21-17-30-56(64(45)54)55-24-10-13-33-61(55)70(51-23-15-22-46(42-51)53-29-19-35-63-66(53)58-26-11-14-34-62(58)71-63)50-38-36-44(37-39-50)52-28-18-32-60-65(52)57-25-9-12-31-59(57)69(60,7)8/h9-43H,1-8H3. The number of hydrogen-bond acceptors (Lipinski definition) is 2. The van der Waals surface area contributed by atoms with E-state index >= 15 is 0 Å². The molecule has 1 heterocycles. The maximum atomic E-state index is 6.41. The van der Waals surface area contributed by atoms with Crippen molar-refractivity contribution in [2.24, 2.45) is 0 Å². The fourth-order valence-electron chi connectivity index (χ4n) is 11.4. The number of furan rings is 1. The molecule has 0 N–H and O–H groups in total. The molecule has 1 aliphatic carbocycles. The van der Waals surface area contributed by atoms with Crippen molar-refractivity contribution < 1.29 is 4.42 Å². The third-order valence-electron chi connectivity index (χ3n) is 15.2. The van der Waals surface area contributed by atoms with Gasteiger partial charge in [0, 0.05) is 33.1 Å². The van der Waals surface area contributed by atoms with Crippen LogP contribution in [0.1, 0.15) is 77.6 Å². The first-order valence-electron chi connectivity index (χ1n) is 25.2. The summed E-state index contributed by atoms with van der Waals surface area (Å²) in [5, 5.41) is 4.71. The SMILES string of the molecule is CC(C)(C)c1cc(-c2cccc3cccc(-c4ccccc4N(c4ccc(-c5cccc6c5-c5ccccc5C6(C)C)cc4)c4cccc(-c5cccc6oc7ccccc7c56)c4)c23)cc(C(C)(C)C)c1. The van der Waals surface area contributed by atoms with Crippen LogP contribution in [0, 0.1) is 0 Å². The highest BCUT2D eigenvalue weighted by Gasteiger charge is 2.36. The Morgan fingerprint density at radius 3 is 1.69 bits per heavy atom. The predicted octanol–water partition coefficient (Wildman–Crippen LogP) is 19.8. The molecule has 1 aromatic heterocycles. The zero-order valence-corrected chi connectivity index (χ0v) is 42.1. The minimum absolute atomic E-state index is 0.0154. The van der Waals surface area contributed by atoms with Crippen LogP contribution in [0.5, 0.6) is 0 Å². The second-order valence-corrected chi connectivity index (χ2v) is 22.1. The summed E-state index contributed by atoms with van der Waals surface area (Å²) in [5.74, 6) is 0. The molecule has 0 saturated carbocycles. The highest BCUT2D eigenvalue weighted by molar-refractivity contribution is 6.13. The predicted molar refractivity (Wildman–Crippen MR) is 303 cm³/mol. The Bertz CT molecular complexity index is 3830. The van der Waals surface area contributed by atoms with E-state index in [1.165, 1.54) is 72.0 Å². The number of rotatable bonds is 7. The second kappa shape index (κ2) is 16.6. The van der Waals surface area contributed by atoms with Crippen molar-refractivity contribution in [1.82, 2.24) is 0 Å². The molecule has 0 aliphatic heterocycles. The van der Waals surface area contributed by atoms with Gasteiger partial charge >= 0.3 is 0 Å². The van der Waals surface area contributed by atoms with E-state index in [4.69, 9.17) is 4.42 Å². The summed E-state index contributed by atoms with van der Waals surface area (Å²) in [7, 11) is 0. The van der Waals surface area contributed by atoms with E-state index < -0.39 is 0 Å². The molecule has 0 atom stereocenters.